The molecule has 2 rings (SSSR count). The van der Waals surface area contributed by atoms with E-state index in [0.29, 0.717) is 17.1 Å². The molecule has 1 aliphatic heterocycles. The molecule has 1 fully saturated rings. The van der Waals surface area contributed by atoms with Crippen molar-refractivity contribution in [2.75, 3.05) is 31.7 Å². The Morgan fingerprint density at radius 2 is 1.84 bits per heavy atom. The van der Waals surface area contributed by atoms with Gasteiger partial charge < -0.3 is 4.74 Å². The molecule has 0 aliphatic carbocycles. The highest BCUT2D eigenvalue weighted by Crippen LogP contribution is 2.15. The maximum absolute atomic E-state index is 12.4. The molecular formula is C14H19NO3S. The average Bonchev–Trinajstić information content (AvgIpc) is 2.46. The molecule has 0 bridgehead atoms. The van der Waals surface area contributed by atoms with Gasteiger partial charge in [0.15, 0.2) is 5.78 Å². The van der Waals surface area contributed by atoms with Gasteiger partial charge in [0.1, 0.15) is 5.75 Å². The number of benzene rings is 1. The summed E-state index contributed by atoms with van der Waals surface area (Å²) < 4.78 is 16.4. The van der Waals surface area contributed by atoms with Crippen LogP contribution in [0.5, 0.6) is 5.75 Å². The summed E-state index contributed by atoms with van der Waals surface area (Å²) in [5.41, 5.74) is 0.694. The standard InChI is InChI=1S/C14H19NO3S/c1-11(15-7-9-19(17)10-8-15)14(16)12-3-5-13(18-2)6-4-12/h3-6,11H,7-10H2,1-2H3. The van der Waals surface area contributed by atoms with Crippen LogP contribution in [0.4, 0.5) is 0 Å². The fourth-order valence-electron chi connectivity index (χ4n) is 2.20. The van der Waals surface area contributed by atoms with Crippen LogP contribution in [-0.2, 0) is 10.8 Å². The summed E-state index contributed by atoms with van der Waals surface area (Å²) in [7, 11) is 0.895. The molecule has 104 valence electrons. The summed E-state index contributed by atoms with van der Waals surface area (Å²) in [6.07, 6.45) is 0. The lowest BCUT2D eigenvalue weighted by molar-refractivity contribution is 0.0850. The topological polar surface area (TPSA) is 46.6 Å². The van der Waals surface area contributed by atoms with Crippen molar-refractivity contribution < 1.29 is 13.7 Å². The van der Waals surface area contributed by atoms with E-state index in [-0.39, 0.29) is 11.8 Å². The van der Waals surface area contributed by atoms with Crippen LogP contribution in [0, 0.1) is 0 Å². The van der Waals surface area contributed by atoms with Crippen LogP contribution in [0.1, 0.15) is 17.3 Å². The molecule has 1 atom stereocenters. The van der Waals surface area contributed by atoms with Crippen molar-refractivity contribution in [2.24, 2.45) is 0 Å². The minimum absolute atomic E-state index is 0.107. The van der Waals surface area contributed by atoms with Crippen molar-refractivity contribution in [3.8, 4) is 5.75 Å². The zero-order valence-electron chi connectivity index (χ0n) is 11.3. The Bertz CT molecular complexity index is 462. The molecule has 1 heterocycles. The Balaban J connectivity index is 2.03. The van der Waals surface area contributed by atoms with Gasteiger partial charge in [0.25, 0.3) is 0 Å². The molecule has 1 unspecified atom stereocenters. The second-order valence-corrected chi connectivity index (χ2v) is 6.35. The zero-order valence-corrected chi connectivity index (χ0v) is 12.1. The number of rotatable bonds is 4. The number of Topliss-reactive ketones (excluding diaryl/α,β-unsaturated/α-hetero) is 1. The third-order valence-electron chi connectivity index (χ3n) is 3.51. The molecule has 0 amide bonds. The summed E-state index contributed by atoms with van der Waals surface area (Å²) in [5.74, 6) is 2.19. The smallest absolute Gasteiger partial charge is 0.179 e. The average molecular weight is 281 g/mol. The fraction of sp³-hybridized carbons (Fsp3) is 0.500. The van der Waals surface area contributed by atoms with Gasteiger partial charge in [-0.05, 0) is 31.2 Å². The van der Waals surface area contributed by atoms with E-state index >= 15 is 0 Å². The lowest BCUT2D eigenvalue weighted by atomic mass is 10.0. The number of carbonyl (C=O) groups excluding carboxylic acids is 1. The number of nitrogens with zero attached hydrogens (tertiary/aromatic N) is 1. The minimum Gasteiger partial charge on any atom is -0.497 e. The third kappa shape index (κ3) is 3.42. The summed E-state index contributed by atoms with van der Waals surface area (Å²) in [6, 6.07) is 7.02. The highest BCUT2D eigenvalue weighted by atomic mass is 32.2. The van der Waals surface area contributed by atoms with Crippen molar-refractivity contribution in [3.63, 3.8) is 0 Å². The highest BCUT2D eigenvalue weighted by Gasteiger charge is 2.25. The van der Waals surface area contributed by atoms with Gasteiger partial charge in [-0.2, -0.15) is 0 Å². The van der Waals surface area contributed by atoms with Crippen LogP contribution in [0.3, 0.4) is 0 Å². The first kappa shape index (κ1) is 14.2. The number of hydrogen-bond acceptors (Lipinski definition) is 4. The Labute approximate surface area is 116 Å². The van der Waals surface area contributed by atoms with E-state index in [1.54, 1.807) is 31.4 Å². The van der Waals surface area contributed by atoms with E-state index in [2.05, 4.69) is 4.90 Å². The predicted molar refractivity (Wildman–Crippen MR) is 76.2 cm³/mol. The second-order valence-electron chi connectivity index (χ2n) is 4.65. The van der Waals surface area contributed by atoms with Crippen LogP contribution in [-0.4, -0.2) is 52.6 Å². The largest absolute Gasteiger partial charge is 0.497 e. The molecule has 1 aromatic carbocycles. The summed E-state index contributed by atoms with van der Waals surface area (Å²) in [5, 5.41) is 0. The van der Waals surface area contributed by atoms with E-state index in [1.807, 2.05) is 6.92 Å². The maximum Gasteiger partial charge on any atom is 0.179 e. The molecule has 0 saturated carbocycles. The first-order chi connectivity index (χ1) is 9.11. The molecule has 1 aliphatic rings. The minimum atomic E-state index is -0.709. The van der Waals surface area contributed by atoms with Gasteiger partial charge in [0, 0.05) is 41.0 Å². The van der Waals surface area contributed by atoms with Crippen LogP contribution < -0.4 is 4.74 Å². The van der Waals surface area contributed by atoms with Crippen molar-refractivity contribution in [1.82, 2.24) is 4.90 Å². The first-order valence-electron chi connectivity index (χ1n) is 6.39. The Morgan fingerprint density at radius 3 is 2.37 bits per heavy atom. The lowest BCUT2D eigenvalue weighted by Crippen LogP contribution is -2.46. The van der Waals surface area contributed by atoms with Crippen LogP contribution in [0.15, 0.2) is 24.3 Å². The van der Waals surface area contributed by atoms with Crippen molar-refractivity contribution in [2.45, 2.75) is 13.0 Å². The SMILES string of the molecule is COc1ccc(C(=O)C(C)N2CCS(=O)CC2)cc1. The van der Waals surface area contributed by atoms with Gasteiger partial charge in [-0.15, -0.1) is 0 Å². The monoisotopic (exact) mass is 281 g/mol. The molecule has 0 N–H and O–H groups in total. The van der Waals surface area contributed by atoms with Crippen LogP contribution in [0.25, 0.3) is 0 Å². The van der Waals surface area contributed by atoms with Gasteiger partial charge in [0.05, 0.1) is 13.2 Å². The van der Waals surface area contributed by atoms with Crippen molar-refractivity contribution in [3.05, 3.63) is 29.8 Å². The van der Waals surface area contributed by atoms with Gasteiger partial charge >= 0.3 is 0 Å². The number of ether oxygens (including phenoxy) is 1. The molecule has 1 aromatic rings. The van der Waals surface area contributed by atoms with Crippen molar-refractivity contribution >= 4 is 16.6 Å². The fourth-order valence-corrected chi connectivity index (χ4v) is 3.28. The Kier molecular flexibility index (Phi) is 4.71. The van der Waals surface area contributed by atoms with Crippen LogP contribution >= 0.6 is 0 Å². The highest BCUT2D eigenvalue weighted by molar-refractivity contribution is 7.85. The van der Waals surface area contributed by atoms with Gasteiger partial charge in [-0.25, -0.2) is 0 Å². The van der Waals surface area contributed by atoms with Gasteiger partial charge in [0.2, 0.25) is 0 Å². The van der Waals surface area contributed by atoms with E-state index in [9.17, 15) is 9.00 Å². The molecule has 0 spiro atoms. The quantitative estimate of drug-likeness (QED) is 0.781. The zero-order chi connectivity index (χ0) is 13.8. The summed E-state index contributed by atoms with van der Waals surface area (Å²) in [4.78, 5) is 14.5. The summed E-state index contributed by atoms with van der Waals surface area (Å²) >= 11 is 0. The number of carbonyl (C=O) groups is 1. The maximum atomic E-state index is 12.4. The predicted octanol–water partition coefficient (Wildman–Crippen LogP) is 1.33. The molecule has 19 heavy (non-hydrogen) atoms. The third-order valence-corrected chi connectivity index (χ3v) is 4.79. The van der Waals surface area contributed by atoms with E-state index in [0.717, 1.165) is 18.8 Å². The van der Waals surface area contributed by atoms with E-state index in [1.165, 1.54) is 0 Å². The van der Waals surface area contributed by atoms with Crippen molar-refractivity contribution in [1.29, 1.82) is 0 Å². The van der Waals surface area contributed by atoms with Crippen LogP contribution in [0.2, 0.25) is 0 Å². The number of hydrogen-bond donors (Lipinski definition) is 0. The number of methoxy groups -OCH3 is 1. The molecular weight excluding hydrogens is 262 g/mol. The van der Waals surface area contributed by atoms with Gasteiger partial charge in [-0.1, -0.05) is 0 Å². The molecule has 1 saturated heterocycles. The summed E-state index contributed by atoms with van der Waals surface area (Å²) in [6.45, 7) is 3.38. The Morgan fingerprint density at radius 1 is 1.26 bits per heavy atom. The molecule has 0 aromatic heterocycles. The molecule has 5 heteroatoms. The Hall–Kier alpha value is -1.20. The van der Waals surface area contributed by atoms with E-state index < -0.39 is 10.8 Å². The molecule has 4 nitrogen and oxygen atoms in total. The van der Waals surface area contributed by atoms with E-state index in [4.69, 9.17) is 4.74 Å². The second kappa shape index (κ2) is 6.30. The number of ketones is 1. The lowest BCUT2D eigenvalue weighted by Gasteiger charge is -2.31. The normalized spacial score (nSPS) is 19.1. The first-order valence-corrected chi connectivity index (χ1v) is 7.88. The molecule has 0 radical (unpaired) electrons. The van der Waals surface area contributed by atoms with Gasteiger partial charge in [-0.3, -0.25) is 13.9 Å².